The van der Waals surface area contributed by atoms with Crippen LogP contribution in [0.25, 0.3) is 0 Å². The van der Waals surface area contributed by atoms with Crippen LogP contribution in [0.1, 0.15) is 40.0 Å². The molecule has 1 rings (SSSR count). The molecule has 0 aromatic carbocycles. The Balaban J connectivity index is 2.12. The Bertz CT molecular complexity index is 111. The van der Waals surface area contributed by atoms with Gasteiger partial charge in [-0.2, -0.15) is 0 Å². The molecule has 1 heteroatoms. The number of hydrogen-bond acceptors (Lipinski definition) is 1. The standard InChI is InChI=1S/C9H19N/c1-4-6-10-8-7-9(8,3)5-2/h8,10H,4-7H2,1-3H3. The Morgan fingerprint density at radius 3 is 2.60 bits per heavy atom. The second-order valence-electron chi connectivity index (χ2n) is 3.72. The van der Waals surface area contributed by atoms with Gasteiger partial charge in [0, 0.05) is 6.04 Å². The van der Waals surface area contributed by atoms with E-state index < -0.39 is 0 Å². The Kier molecular flexibility index (Phi) is 2.35. The molecule has 0 aromatic rings. The molecule has 1 saturated carbocycles. The monoisotopic (exact) mass is 141 g/mol. The van der Waals surface area contributed by atoms with Crippen LogP contribution in [-0.2, 0) is 0 Å². The molecule has 0 bridgehead atoms. The third-order valence-corrected chi connectivity index (χ3v) is 2.80. The van der Waals surface area contributed by atoms with E-state index in [1.54, 1.807) is 0 Å². The third kappa shape index (κ3) is 1.51. The molecule has 1 aliphatic rings. The predicted molar refractivity (Wildman–Crippen MR) is 45.1 cm³/mol. The molecule has 0 heterocycles. The molecule has 10 heavy (non-hydrogen) atoms. The molecule has 1 N–H and O–H groups in total. The van der Waals surface area contributed by atoms with E-state index >= 15 is 0 Å². The van der Waals surface area contributed by atoms with E-state index in [4.69, 9.17) is 0 Å². The first-order valence-electron chi connectivity index (χ1n) is 4.46. The molecule has 1 nitrogen and oxygen atoms in total. The molecular formula is C9H19N. The highest BCUT2D eigenvalue weighted by Crippen LogP contribution is 2.48. The van der Waals surface area contributed by atoms with E-state index in [0.29, 0.717) is 5.41 Å². The van der Waals surface area contributed by atoms with Crippen LogP contribution >= 0.6 is 0 Å². The maximum absolute atomic E-state index is 3.55. The summed E-state index contributed by atoms with van der Waals surface area (Å²) in [4.78, 5) is 0. The fourth-order valence-corrected chi connectivity index (χ4v) is 1.44. The zero-order valence-corrected chi connectivity index (χ0v) is 7.41. The van der Waals surface area contributed by atoms with Gasteiger partial charge < -0.3 is 5.32 Å². The van der Waals surface area contributed by atoms with Crippen molar-refractivity contribution in [2.75, 3.05) is 6.54 Å². The van der Waals surface area contributed by atoms with Gasteiger partial charge in [0.1, 0.15) is 0 Å². The largest absolute Gasteiger partial charge is 0.313 e. The van der Waals surface area contributed by atoms with E-state index in [1.807, 2.05) is 0 Å². The van der Waals surface area contributed by atoms with Crippen LogP contribution in [0.15, 0.2) is 0 Å². The molecule has 0 saturated heterocycles. The molecule has 1 fully saturated rings. The Morgan fingerprint density at radius 2 is 2.20 bits per heavy atom. The number of hydrogen-bond donors (Lipinski definition) is 1. The van der Waals surface area contributed by atoms with E-state index in [-0.39, 0.29) is 0 Å². The summed E-state index contributed by atoms with van der Waals surface area (Å²) in [5.41, 5.74) is 0.648. The number of nitrogens with one attached hydrogen (secondary N) is 1. The highest BCUT2D eigenvalue weighted by Gasteiger charge is 2.47. The molecule has 0 spiro atoms. The summed E-state index contributed by atoms with van der Waals surface area (Å²) in [6.45, 7) is 8.08. The second kappa shape index (κ2) is 2.91. The summed E-state index contributed by atoms with van der Waals surface area (Å²) < 4.78 is 0. The Labute approximate surface area is 64.2 Å². The van der Waals surface area contributed by atoms with Gasteiger partial charge >= 0.3 is 0 Å². The Morgan fingerprint density at radius 1 is 1.50 bits per heavy atom. The summed E-state index contributed by atoms with van der Waals surface area (Å²) >= 11 is 0. The summed E-state index contributed by atoms with van der Waals surface area (Å²) in [6.07, 6.45) is 3.98. The van der Waals surface area contributed by atoms with Crippen LogP contribution in [0.4, 0.5) is 0 Å². The van der Waals surface area contributed by atoms with Gasteiger partial charge in [-0.15, -0.1) is 0 Å². The zero-order chi connectivity index (χ0) is 7.61. The summed E-state index contributed by atoms with van der Waals surface area (Å²) in [7, 11) is 0. The summed E-state index contributed by atoms with van der Waals surface area (Å²) in [5.74, 6) is 0. The molecule has 1 aliphatic carbocycles. The van der Waals surface area contributed by atoms with Crippen LogP contribution in [0.3, 0.4) is 0 Å². The molecule has 0 amide bonds. The van der Waals surface area contributed by atoms with Crippen molar-refractivity contribution in [1.82, 2.24) is 5.32 Å². The van der Waals surface area contributed by atoms with Gasteiger partial charge in [0.25, 0.3) is 0 Å². The first kappa shape index (κ1) is 8.06. The van der Waals surface area contributed by atoms with Gasteiger partial charge in [-0.3, -0.25) is 0 Å². The summed E-state index contributed by atoms with van der Waals surface area (Å²) in [5, 5.41) is 3.55. The quantitative estimate of drug-likeness (QED) is 0.632. The van der Waals surface area contributed by atoms with Crippen LogP contribution in [0, 0.1) is 5.41 Å². The van der Waals surface area contributed by atoms with Crippen molar-refractivity contribution < 1.29 is 0 Å². The molecule has 2 unspecified atom stereocenters. The van der Waals surface area contributed by atoms with Crippen molar-refractivity contribution in [1.29, 1.82) is 0 Å². The minimum Gasteiger partial charge on any atom is -0.313 e. The molecule has 2 atom stereocenters. The first-order valence-corrected chi connectivity index (χ1v) is 4.46. The lowest BCUT2D eigenvalue weighted by atomic mass is 10.1. The van der Waals surface area contributed by atoms with Gasteiger partial charge in [0.2, 0.25) is 0 Å². The molecule has 0 aromatic heterocycles. The molecule has 60 valence electrons. The maximum Gasteiger partial charge on any atom is 0.0127 e. The maximum atomic E-state index is 3.55. The fraction of sp³-hybridized carbons (Fsp3) is 1.00. The van der Waals surface area contributed by atoms with Gasteiger partial charge in [-0.25, -0.2) is 0 Å². The van der Waals surface area contributed by atoms with Gasteiger partial charge in [0.15, 0.2) is 0 Å². The van der Waals surface area contributed by atoms with Gasteiger partial charge in [-0.05, 0) is 31.2 Å². The van der Waals surface area contributed by atoms with Crippen LogP contribution in [0.5, 0.6) is 0 Å². The first-order chi connectivity index (χ1) is 4.73. The highest BCUT2D eigenvalue weighted by atomic mass is 15.0. The van der Waals surface area contributed by atoms with Crippen molar-refractivity contribution in [3.05, 3.63) is 0 Å². The van der Waals surface area contributed by atoms with Crippen molar-refractivity contribution in [2.45, 2.75) is 46.1 Å². The fourth-order valence-electron chi connectivity index (χ4n) is 1.44. The van der Waals surface area contributed by atoms with Crippen molar-refractivity contribution in [3.8, 4) is 0 Å². The highest BCUT2D eigenvalue weighted by molar-refractivity contribution is 5.03. The second-order valence-corrected chi connectivity index (χ2v) is 3.72. The predicted octanol–water partition coefficient (Wildman–Crippen LogP) is 2.17. The molecule has 0 radical (unpaired) electrons. The van der Waals surface area contributed by atoms with Gasteiger partial charge in [-0.1, -0.05) is 20.8 Å². The Hall–Kier alpha value is -0.0400. The van der Waals surface area contributed by atoms with E-state index in [0.717, 1.165) is 6.04 Å². The smallest absolute Gasteiger partial charge is 0.0127 e. The van der Waals surface area contributed by atoms with Crippen LogP contribution in [0.2, 0.25) is 0 Å². The van der Waals surface area contributed by atoms with Crippen LogP contribution < -0.4 is 5.32 Å². The minimum atomic E-state index is 0.648. The lowest BCUT2D eigenvalue weighted by molar-refractivity contribution is 0.481. The third-order valence-electron chi connectivity index (χ3n) is 2.80. The van der Waals surface area contributed by atoms with Gasteiger partial charge in [0.05, 0.1) is 0 Å². The van der Waals surface area contributed by atoms with Crippen LogP contribution in [-0.4, -0.2) is 12.6 Å². The van der Waals surface area contributed by atoms with Crippen molar-refractivity contribution in [2.24, 2.45) is 5.41 Å². The minimum absolute atomic E-state index is 0.648. The lowest BCUT2D eigenvalue weighted by Crippen LogP contribution is -2.21. The average Bonchev–Trinajstić information content (AvgIpc) is 2.59. The van der Waals surface area contributed by atoms with E-state index in [1.165, 1.54) is 25.8 Å². The topological polar surface area (TPSA) is 12.0 Å². The van der Waals surface area contributed by atoms with E-state index in [2.05, 4.69) is 26.1 Å². The van der Waals surface area contributed by atoms with E-state index in [9.17, 15) is 0 Å². The van der Waals surface area contributed by atoms with Crippen molar-refractivity contribution >= 4 is 0 Å². The SMILES string of the molecule is CCCNC1CC1(C)CC. The summed E-state index contributed by atoms with van der Waals surface area (Å²) in [6, 6.07) is 0.831. The average molecular weight is 141 g/mol. The zero-order valence-electron chi connectivity index (χ0n) is 7.41. The molecular weight excluding hydrogens is 122 g/mol. The van der Waals surface area contributed by atoms with Crippen molar-refractivity contribution in [3.63, 3.8) is 0 Å². The molecule has 0 aliphatic heterocycles. The normalized spacial score (nSPS) is 38.1. The lowest BCUT2D eigenvalue weighted by Gasteiger charge is -2.07. The number of rotatable bonds is 4.